The van der Waals surface area contributed by atoms with E-state index in [1.54, 1.807) is 6.20 Å². The van der Waals surface area contributed by atoms with E-state index in [2.05, 4.69) is 21.0 Å². The van der Waals surface area contributed by atoms with E-state index in [-0.39, 0.29) is 0 Å². The molecule has 0 aliphatic carbocycles. The fourth-order valence-electron chi connectivity index (χ4n) is 3.46. The second-order valence-corrected chi connectivity index (χ2v) is 6.47. The molecule has 0 saturated carbocycles. The van der Waals surface area contributed by atoms with Crippen LogP contribution in [0.5, 0.6) is 0 Å². The third kappa shape index (κ3) is 4.66. The summed E-state index contributed by atoms with van der Waals surface area (Å²) in [7, 11) is 0. The Morgan fingerprint density at radius 1 is 1.21 bits per heavy atom. The van der Waals surface area contributed by atoms with Gasteiger partial charge < -0.3 is 4.90 Å². The largest absolute Gasteiger partial charge is 0.340 e. The molecule has 0 N–H and O–H groups in total. The lowest BCUT2D eigenvalue weighted by Gasteiger charge is -2.36. The molecular formula is C19H26N4O. The number of amides is 1. The van der Waals surface area contributed by atoms with Gasteiger partial charge in [0.05, 0.1) is 0 Å². The molecule has 3 rings (SSSR count). The molecule has 1 saturated heterocycles. The maximum absolute atomic E-state index is 12.6. The predicted octanol–water partition coefficient (Wildman–Crippen LogP) is 3.07. The molecule has 1 atom stereocenters. The number of hydrogen-bond donors (Lipinski definition) is 0. The van der Waals surface area contributed by atoms with Crippen molar-refractivity contribution in [3.05, 3.63) is 48.5 Å². The number of pyridine rings is 1. The maximum atomic E-state index is 12.6. The van der Waals surface area contributed by atoms with E-state index in [4.69, 9.17) is 0 Å². The zero-order chi connectivity index (χ0) is 16.6. The van der Waals surface area contributed by atoms with Crippen LogP contribution in [-0.2, 0) is 17.8 Å². The van der Waals surface area contributed by atoms with Gasteiger partial charge in [0.25, 0.3) is 0 Å². The molecule has 2 aromatic rings. The van der Waals surface area contributed by atoms with Crippen molar-refractivity contribution >= 4 is 5.91 Å². The van der Waals surface area contributed by atoms with Gasteiger partial charge in [-0.3, -0.25) is 14.5 Å². The SMILES string of the molecule is O=C(CCCn1cccn1)N1CCCC[C@@H]1CCc1ccccn1. The van der Waals surface area contributed by atoms with Crippen molar-refractivity contribution in [2.75, 3.05) is 6.54 Å². The number of nitrogens with zero attached hydrogens (tertiary/aromatic N) is 4. The Morgan fingerprint density at radius 3 is 2.96 bits per heavy atom. The van der Waals surface area contributed by atoms with Crippen molar-refractivity contribution in [3.63, 3.8) is 0 Å². The van der Waals surface area contributed by atoms with E-state index in [0.717, 1.165) is 50.9 Å². The molecule has 5 heteroatoms. The van der Waals surface area contributed by atoms with Crippen molar-refractivity contribution in [2.45, 2.75) is 57.5 Å². The average Bonchev–Trinajstić information content (AvgIpc) is 3.14. The maximum Gasteiger partial charge on any atom is 0.222 e. The van der Waals surface area contributed by atoms with Crippen LogP contribution in [0.1, 0.15) is 44.2 Å². The van der Waals surface area contributed by atoms with E-state index >= 15 is 0 Å². The van der Waals surface area contributed by atoms with Crippen molar-refractivity contribution in [3.8, 4) is 0 Å². The van der Waals surface area contributed by atoms with Crippen LogP contribution in [0.15, 0.2) is 42.9 Å². The average molecular weight is 326 g/mol. The van der Waals surface area contributed by atoms with Crippen LogP contribution in [0, 0.1) is 0 Å². The zero-order valence-corrected chi connectivity index (χ0v) is 14.2. The summed E-state index contributed by atoms with van der Waals surface area (Å²) < 4.78 is 1.89. The van der Waals surface area contributed by atoms with Gasteiger partial charge in [-0.2, -0.15) is 5.10 Å². The summed E-state index contributed by atoms with van der Waals surface area (Å²) in [4.78, 5) is 19.1. The Morgan fingerprint density at radius 2 is 2.17 bits per heavy atom. The van der Waals surface area contributed by atoms with Gasteiger partial charge in [-0.1, -0.05) is 6.07 Å². The highest BCUT2D eigenvalue weighted by molar-refractivity contribution is 5.76. The molecule has 1 aliphatic rings. The summed E-state index contributed by atoms with van der Waals surface area (Å²) >= 11 is 0. The monoisotopic (exact) mass is 326 g/mol. The fraction of sp³-hybridized carbons (Fsp3) is 0.526. The van der Waals surface area contributed by atoms with Crippen molar-refractivity contribution in [1.29, 1.82) is 0 Å². The van der Waals surface area contributed by atoms with Crippen LogP contribution in [0.25, 0.3) is 0 Å². The Kier molecular flexibility index (Phi) is 5.99. The topological polar surface area (TPSA) is 51.0 Å². The van der Waals surface area contributed by atoms with Crippen LogP contribution in [0.3, 0.4) is 0 Å². The number of likely N-dealkylation sites (tertiary alicyclic amines) is 1. The Hall–Kier alpha value is -2.17. The summed E-state index contributed by atoms with van der Waals surface area (Å²) in [5, 5.41) is 4.19. The summed E-state index contributed by atoms with van der Waals surface area (Å²) in [5.41, 5.74) is 1.12. The second-order valence-electron chi connectivity index (χ2n) is 6.47. The summed E-state index contributed by atoms with van der Waals surface area (Å²) in [6, 6.07) is 8.33. The van der Waals surface area contributed by atoms with Crippen LogP contribution in [-0.4, -0.2) is 38.2 Å². The first-order valence-corrected chi connectivity index (χ1v) is 9.00. The molecule has 24 heavy (non-hydrogen) atoms. The normalized spacial score (nSPS) is 17.8. The predicted molar refractivity (Wildman–Crippen MR) is 93.4 cm³/mol. The van der Waals surface area contributed by atoms with E-state index in [1.807, 2.05) is 35.3 Å². The number of aryl methyl sites for hydroxylation is 2. The van der Waals surface area contributed by atoms with Crippen LogP contribution < -0.4 is 0 Å². The first kappa shape index (κ1) is 16.7. The summed E-state index contributed by atoms with van der Waals surface area (Å²) in [6.45, 7) is 1.72. The number of rotatable bonds is 7. The number of piperidine rings is 1. The molecule has 3 heterocycles. The smallest absolute Gasteiger partial charge is 0.222 e. The van der Waals surface area contributed by atoms with Crippen molar-refractivity contribution in [2.24, 2.45) is 0 Å². The molecule has 0 bridgehead atoms. The molecule has 1 fully saturated rings. The standard InChI is InChI=1S/C19H26N4O/c24-19(9-5-14-22-15-6-13-21-22)23-16-4-2-8-18(23)11-10-17-7-1-3-12-20-17/h1,3,6-7,12-13,15,18H,2,4-5,8-11,14,16H2/t18-/m1/s1. The van der Waals surface area contributed by atoms with E-state index in [0.29, 0.717) is 18.4 Å². The van der Waals surface area contributed by atoms with Crippen LogP contribution in [0.4, 0.5) is 0 Å². The van der Waals surface area contributed by atoms with Gasteiger partial charge in [0.2, 0.25) is 5.91 Å². The van der Waals surface area contributed by atoms with Crippen molar-refractivity contribution < 1.29 is 4.79 Å². The molecule has 128 valence electrons. The molecule has 1 amide bonds. The van der Waals surface area contributed by atoms with E-state index < -0.39 is 0 Å². The molecule has 0 spiro atoms. The molecule has 2 aromatic heterocycles. The highest BCUT2D eigenvalue weighted by Gasteiger charge is 2.26. The zero-order valence-electron chi connectivity index (χ0n) is 14.2. The highest BCUT2D eigenvalue weighted by Crippen LogP contribution is 2.22. The van der Waals surface area contributed by atoms with Gasteiger partial charge in [0.1, 0.15) is 0 Å². The van der Waals surface area contributed by atoms with Gasteiger partial charge in [0, 0.05) is 49.8 Å². The minimum Gasteiger partial charge on any atom is -0.340 e. The lowest BCUT2D eigenvalue weighted by molar-refractivity contribution is -0.135. The minimum absolute atomic E-state index is 0.299. The quantitative estimate of drug-likeness (QED) is 0.786. The molecule has 0 radical (unpaired) electrons. The third-order valence-electron chi connectivity index (χ3n) is 4.74. The van der Waals surface area contributed by atoms with Gasteiger partial charge in [-0.15, -0.1) is 0 Å². The van der Waals surface area contributed by atoms with Crippen LogP contribution >= 0.6 is 0 Å². The van der Waals surface area contributed by atoms with Gasteiger partial charge in [0.15, 0.2) is 0 Å². The highest BCUT2D eigenvalue weighted by atomic mass is 16.2. The molecular weight excluding hydrogens is 300 g/mol. The number of carbonyl (C=O) groups is 1. The number of aromatic nitrogens is 3. The Labute approximate surface area is 143 Å². The van der Waals surface area contributed by atoms with Gasteiger partial charge >= 0.3 is 0 Å². The molecule has 0 aromatic carbocycles. The first-order valence-electron chi connectivity index (χ1n) is 9.00. The lowest BCUT2D eigenvalue weighted by atomic mass is 9.96. The first-order chi connectivity index (χ1) is 11.8. The van der Waals surface area contributed by atoms with E-state index in [1.165, 1.54) is 6.42 Å². The fourth-order valence-corrected chi connectivity index (χ4v) is 3.46. The van der Waals surface area contributed by atoms with Crippen LogP contribution in [0.2, 0.25) is 0 Å². The molecule has 5 nitrogen and oxygen atoms in total. The summed E-state index contributed by atoms with van der Waals surface area (Å²) in [5.74, 6) is 0.299. The lowest BCUT2D eigenvalue weighted by Crippen LogP contribution is -2.44. The summed E-state index contributed by atoms with van der Waals surface area (Å²) in [6.07, 6.45) is 12.5. The second kappa shape index (κ2) is 8.62. The van der Waals surface area contributed by atoms with Gasteiger partial charge in [-0.05, 0) is 56.7 Å². The molecule has 1 aliphatic heterocycles. The van der Waals surface area contributed by atoms with Gasteiger partial charge in [-0.25, -0.2) is 0 Å². The Balaban J connectivity index is 1.48. The van der Waals surface area contributed by atoms with E-state index in [9.17, 15) is 4.79 Å². The molecule has 0 unspecified atom stereocenters. The third-order valence-corrected chi connectivity index (χ3v) is 4.74. The minimum atomic E-state index is 0.299. The number of carbonyl (C=O) groups excluding carboxylic acids is 1. The Bertz CT molecular complexity index is 612. The number of hydrogen-bond acceptors (Lipinski definition) is 3. The van der Waals surface area contributed by atoms with Crippen molar-refractivity contribution in [1.82, 2.24) is 19.7 Å².